The van der Waals surface area contributed by atoms with E-state index in [2.05, 4.69) is 42.1 Å². The summed E-state index contributed by atoms with van der Waals surface area (Å²) >= 11 is 0. The number of anilines is 1. The summed E-state index contributed by atoms with van der Waals surface area (Å²) in [5, 5.41) is 10.1. The van der Waals surface area contributed by atoms with Crippen molar-refractivity contribution in [3.63, 3.8) is 0 Å². The Balaban J connectivity index is 1.55. The maximum absolute atomic E-state index is 8.91. The van der Waals surface area contributed by atoms with Crippen LogP contribution in [0.15, 0.2) is 48.5 Å². The fourth-order valence-electron chi connectivity index (χ4n) is 3.89. The third-order valence-electron chi connectivity index (χ3n) is 5.61. The summed E-state index contributed by atoms with van der Waals surface area (Å²) in [6, 6.07) is 18.6. The fraction of sp³-hybridized carbons (Fsp3) is 0.333. The van der Waals surface area contributed by atoms with E-state index in [1.54, 1.807) is 0 Å². The smallest absolute Gasteiger partial charge is 0.122 e. The molecule has 1 aliphatic heterocycles. The van der Waals surface area contributed by atoms with Crippen molar-refractivity contribution in [2.24, 2.45) is 0 Å². The number of fused-ring (bicyclic) bond motifs is 1. The number of nitrogens with zero attached hydrogens (tertiary/aromatic N) is 4. The summed E-state index contributed by atoms with van der Waals surface area (Å²) < 4.78 is 5.98. The largest absolute Gasteiger partial charge is 0.489 e. The van der Waals surface area contributed by atoms with E-state index in [1.807, 2.05) is 43.3 Å². The van der Waals surface area contributed by atoms with E-state index < -0.39 is 0 Å². The Kier molecular flexibility index (Phi) is 5.37. The number of hydrogen-bond donors (Lipinski definition) is 0. The summed E-state index contributed by atoms with van der Waals surface area (Å²) in [7, 11) is 4.31. The van der Waals surface area contributed by atoms with Crippen LogP contribution in [0, 0.1) is 18.3 Å². The molecule has 4 rings (SSSR count). The summed E-state index contributed by atoms with van der Waals surface area (Å²) in [6.45, 7) is 4.63. The lowest BCUT2D eigenvalue weighted by atomic mass is 10.1. The van der Waals surface area contributed by atoms with E-state index in [0.717, 1.165) is 35.6 Å². The number of hydrogen-bond acceptors (Lipinski definition) is 5. The first-order valence-electron chi connectivity index (χ1n) is 9.98. The quantitative estimate of drug-likeness (QED) is 0.660. The van der Waals surface area contributed by atoms with Gasteiger partial charge in [-0.25, -0.2) is 0 Å². The number of pyridine rings is 1. The van der Waals surface area contributed by atoms with Crippen LogP contribution in [0.1, 0.15) is 23.2 Å². The van der Waals surface area contributed by atoms with Crippen molar-refractivity contribution < 1.29 is 4.74 Å². The molecule has 5 heteroatoms. The van der Waals surface area contributed by atoms with Gasteiger partial charge in [-0.3, -0.25) is 4.98 Å². The zero-order valence-corrected chi connectivity index (χ0v) is 17.2. The molecular formula is C24H26N4O. The van der Waals surface area contributed by atoms with E-state index in [4.69, 9.17) is 15.0 Å². The van der Waals surface area contributed by atoms with Crippen LogP contribution in [0.25, 0.3) is 10.9 Å². The predicted molar refractivity (Wildman–Crippen MR) is 116 cm³/mol. The van der Waals surface area contributed by atoms with E-state index in [0.29, 0.717) is 18.2 Å². The SMILES string of the molecule is Cc1cc(N2CCC(N(C)C)C2)c2ccc(OCc3ccc(C#N)cc3)cc2n1. The van der Waals surface area contributed by atoms with Crippen molar-refractivity contribution in [1.29, 1.82) is 5.26 Å². The molecule has 1 aromatic heterocycles. The van der Waals surface area contributed by atoms with Gasteiger partial charge in [0.25, 0.3) is 0 Å². The molecule has 1 unspecified atom stereocenters. The number of ether oxygens (including phenoxy) is 1. The summed E-state index contributed by atoms with van der Waals surface area (Å²) in [5.74, 6) is 0.804. The van der Waals surface area contributed by atoms with Gasteiger partial charge in [-0.05, 0) is 63.3 Å². The number of likely N-dealkylation sites (N-methyl/N-ethyl adjacent to an activating group) is 1. The van der Waals surface area contributed by atoms with Crippen molar-refractivity contribution in [2.45, 2.75) is 26.0 Å². The Morgan fingerprint density at radius 2 is 1.97 bits per heavy atom. The highest BCUT2D eigenvalue weighted by Gasteiger charge is 2.25. The lowest BCUT2D eigenvalue weighted by Crippen LogP contribution is -2.31. The number of nitriles is 1. The number of rotatable bonds is 5. The maximum atomic E-state index is 8.91. The van der Waals surface area contributed by atoms with E-state index in [1.165, 1.54) is 17.5 Å². The molecule has 148 valence electrons. The monoisotopic (exact) mass is 386 g/mol. The average Bonchev–Trinajstić information content (AvgIpc) is 3.22. The molecule has 0 bridgehead atoms. The van der Waals surface area contributed by atoms with E-state index in [-0.39, 0.29) is 0 Å². The highest BCUT2D eigenvalue weighted by atomic mass is 16.5. The first-order chi connectivity index (χ1) is 14.0. The van der Waals surface area contributed by atoms with Crippen molar-refractivity contribution in [3.05, 3.63) is 65.4 Å². The van der Waals surface area contributed by atoms with Crippen LogP contribution < -0.4 is 9.64 Å². The van der Waals surface area contributed by atoms with Gasteiger partial charge in [0.1, 0.15) is 12.4 Å². The molecular weight excluding hydrogens is 360 g/mol. The molecule has 0 amide bonds. The minimum Gasteiger partial charge on any atom is -0.489 e. The molecule has 1 atom stereocenters. The molecule has 0 radical (unpaired) electrons. The Morgan fingerprint density at radius 1 is 1.17 bits per heavy atom. The number of aryl methyl sites for hydroxylation is 1. The minimum absolute atomic E-state index is 0.465. The second-order valence-electron chi connectivity index (χ2n) is 7.91. The lowest BCUT2D eigenvalue weighted by molar-refractivity contribution is 0.306. The Labute approximate surface area is 172 Å². The molecule has 2 heterocycles. The van der Waals surface area contributed by atoms with Gasteiger partial charge in [0, 0.05) is 42.0 Å². The maximum Gasteiger partial charge on any atom is 0.122 e. The van der Waals surface area contributed by atoms with Crippen LogP contribution in [-0.4, -0.2) is 43.1 Å². The van der Waals surface area contributed by atoms with Crippen LogP contribution in [0.3, 0.4) is 0 Å². The van der Waals surface area contributed by atoms with Crippen molar-refractivity contribution in [1.82, 2.24) is 9.88 Å². The van der Waals surface area contributed by atoms with Gasteiger partial charge in [-0.15, -0.1) is 0 Å². The van der Waals surface area contributed by atoms with Crippen LogP contribution in [0.4, 0.5) is 5.69 Å². The summed E-state index contributed by atoms with van der Waals surface area (Å²) in [4.78, 5) is 9.53. The van der Waals surface area contributed by atoms with E-state index >= 15 is 0 Å². The van der Waals surface area contributed by atoms with Gasteiger partial charge in [0.05, 0.1) is 17.1 Å². The van der Waals surface area contributed by atoms with Gasteiger partial charge < -0.3 is 14.5 Å². The van der Waals surface area contributed by atoms with Crippen molar-refractivity contribution in [3.8, 4) is 11.8 Å². The average molecular weight is 386 g/mol. The normalized spacial score (nSPS) is 16.4. The van der Waals surface area contributed by atoms with Gasteiger partial charge in [-0.2, -0.15) is 5.26 Å². The number of aromatic nitrogens is 1. The van der Waals surface area contributed by atoms with Crippen molar-refractivity contribution >= 4 is 16.6 Å². The molecule has 3 aromatic rings. The van der Waals surface area contributed by atoms with Gasteiger partial charge in [0.2, 0.25) is 0 Å². The van der Waals surface area contributed by atoms with Crippen molar-refractivity contribution in [2.75, 3.05) is 32.1 Å². The molecule has 2 aromatic carbocycles. The summed E-state index contributed by atoms with van der Waals surface area (Å²) in [5.41, 5.74) is 4.94. The molecule has 1 aliphatic rings. The molecule has 0 aliphatic carbocycles. The Hall–Kier alpha value is -3.10. The number of benzene rings is 2. The first-order valence-corrected chi connectivity index (χ1v) is 9.98. The standard InChI is InChI=1S/C24H26N4O/c1-17-12-24(28-11-10-20(15-28)27(2)3)22-9-8-21(13-23(22)26-17)29-16-19-6-4-18(14-25)5-7-19/h4-9,12-13,20H,10-11,15-16H2,1-3H3. The second-order valence-corrected chi connectivity index (χ2v) is 7.91. The van der Waals surface area contributed by atoms with Crippen LogP contribution in [0.2, 0.25) is 0 Å². The van der Waals surface area contributed by atoms with Crippen LogP contribution in [-0.2, 0) is 6.61 Å². The lowest BCUT2D eigenvalue weighted by Gasteiger charge is -2.23. The van der Waals surface area contributed by atoms with E-state index in [9.17, 15) is 0 Å². The molecule has 29 heavy (non-hydrogen) atoms. The molecule has 0 saturated carbocycles. The first kappa shape index (κ1) is 19.2. The molecule has 0 spiro atoms. The highest BCUT2D eigenvalue weighted by molar-refractivity contribution is 5.93. The molecule has 5 nitrogen and oxygen atoms in total. The second kappa shape index (κ2) is 8.10. The molecule has 1 saturated heterocycles. The highest BCUT2D eigenvalue weighted by Crippen LogP contribution is 2.32. The third kappa shape index (κ3) is 4.18. The van der Waals surface area contributed by atoms with Gasteiger partial charge >= 0.3 is 0 Å². The topological polar surface area (TPSA) is 52.4 Å². The Bertz CT molecular complexity index is 1050. The minimum atomic E-state index is 0.465. The fourth-order valence-corrected chi connectivity index (χ4v) is 3.89. The predicted octanol–water partition coefficient (Wildman–Crippen LogP) is 4.13. The summed E-state index contributed by atoms with van der Waals surface area (Å²) in [6.07, 6.45) is 1.18. The van der Waals surface area contributed by atoms with Crippen LogP contribution >= 0.6 is 0 Å². The molecule has 0 N–H and O–H groups in total. The van der Waals surface area contributed by atoms with Gasteiger partial charge in [-0.1, -0.05) is 12.1 Å². The van der Waals surface area contributed by atoms with Gasteiger partial charge in [0.15, 0.2) is 0 Å². The zero-order valence-electron chi connectivity index (χ0n) is 17.2. The zero-order chi connectivity index (χ0) is 20.4. The Morgan fingerprint density at radius 3 is 2.66 bits per heavy atom. The molecule has 1 fully saturated rings. The van der Waals surface area contributed by atoms with Crippen LogP contribution in [0.5, 0.6) is 5.75 Å². The third-order valence-corrected chi connectivity index (χ3v) is 5.61.